The third-order valence-electron chi connectivity index (χ3n) is 5.09. The molecule has 0 spiro atoms. The van der Waals surface area contributed by atoms with Crippen LogP contribution in [0.5, 0.6) is 0 Å². The predicted molar refractivity (Wildman–Crippen MR) is 85.7 cm³/mol. The van der Waals surface area contributed by atoms with Crippen LogP contribution < -0.4 is 10.6 Å². The number of benzene rings is 1. The van der Waals surface area contributed by atoms with Gasteiger partial charge < -0.3 is 10.6 Å². The summed E-state index contributed by atoms with van der Waals surface area (Å²) in [6.07, 6.45) is 7.12. The predicted octanol–water partition coefficient (Wildman–Crippen LogP) is 3.13. The molecule has 0 bridgehead atoms. The quantitative estimate of drug-likeness (QED) is 0.896. The zero-order valence-electron chi connectivity index (χ0n) is 13.0. The molecule has 1 aliphatic carbocycles. The lowest BCUT2D eigenvalue weighted by Crippen LogP contribution is -2.33. The van der Waals surface area contributed by atoms with Crippen LogP contribution >= 0.6 is 0 Å². The highest BCUT2D eigenvalue weighted by Gasteiger charge is 2.22. The van der Waals surface area contributed by atoms with Crippen LogP contribution in [0.4, 0.5) is 0 Å². The van der Waals surface area contributed by atoms with Crippen molar-refractivity contribution < 1.29 is 4.79 Å². The monoisotopic (exact) mass is 286 g/mol. The van der Waals surface area contributed by atoms with Gasteiger partial charge in [-0.05, 0) is 68.8 Å². The van der Waals surface area contributed by atoms with Gasteiger partial charge in [0.1, 0.15) is 0 Å². The average molecular weight is 286 g/mol. The lowest BCUT2D eigenvalue weighted by Gasteiger charge is -2.25. The number of amides is 1. The van der Waals surface area contributed by atoms with Crippen molar-refractivity contribution in [2.75, 3.05) is 13.1 Å². The number of carbonyl (C=O) groups excluding carboxylic acids is 1. The number of piperidine rings is 1. The Labute approximate surface area is 127 Å². The van der Waals surface area contributed by atoms with Crippen molar-refractivity contribution in [1.29, 1.82) is 0 Å². The van der Waals surface area contributed by atoms with Gasteiger partial charge in [-0.15, -0.1) is 0 Å². The Morgan fingerprint density at radius 3 is 2.57 bits per heavy atom. The SMILES string of the molecule is Cc1c(C(=O)NC2CCCC2)cccc1C1CCNCC1. The molecule has 1 aliphatic heterocycles. The molecule has 1 amide bonds. The van der Waals surface area contributed by atoms with Crippen molar-refractivity contribution in [3.05, 3.63) is 34.9 Å². The molecule has 3 heteroatoms. The molecule has 0 atom stereocenters. The Bertz CT molecular complexity index is 500. The van der Waals surface area contributed by atoms with E-state index >= 15 is 0 Å². The first-order valence-corrected chi connectivity index (χ1v) is 8.37. The van der Waals surface area contributed by atoms with Crippen LogP contribution in [0.25, 0.3) is 0 Å². The summed E-state index contributed by atoms with van der Waals surface area (Å²) < 4.78 is 0. The lowest BCUT2D eigenvalue weighted by molar-refractivity contribution is 0.0937. The molecular weight excluding hydrogens is 260 g/mol. The summed E-state index contributed by atoms with van der Waals surface area (Å²) in [6.45, 7) is 4.28. The van der Waals surface area contributed by atoms with E-state index in [4.69, 9.17) is 0 Å². The number of hydrogen-bond donors (Lipinski definition) is 2. The van der Waals surface area contributed by atoms with Crippen molar-refractivity contribution in [3.63, 3.8) is 0 Å². The van der Waals surface area contributed by atoms with Gasteiger partial charge in [0.05, 0.1) is 0 Å². The van der Waals surface area contributed by atoms with E-state index in [1.807, 2.05) is 12.1 Å². The van der Waals surface area contributed by atoms with Crippen molar-refractivity contribution >= 4 is 5.91 Å². The molecule has 3 nitrogen and oxygen atoms in total. The fraction of sp³-hybridized carbons (Fsp3) is 0.611. The molecule has 21 heavy (non-hydrogen) atoms. The van der Waals surface area contributed by atoms with Crippen molar-refractivity contribution in [2.24, 2.45) is 0 Å². The summed E-state index contributed by atoms with van der Waals surface area (Å²) in [7, 11) is 0. The van der Waals surface area contributed by atoms with Crippen LogP contribution in [0.3, 0.4) is 0 Å². The molecule has 2 N–H and O–H groups in total. The Morgan fingerprint density at radius 1 is 1.14 bits per heavy atom. The Morgan fingerprint density at radius 2 is 1.86 bits per heavy atom. The highest BCUT2D eigenvalue weighted by atomic mass is 16.1. The van der Waals surface area contributed by atoms with E-state index in [2.05, 4.69) is 23.6 Å². The van der Waals surface area contributed by atoms with Crippen molar-refractivity contribution in [2.45, 2.75) is 57.4 Å². The molecule has 3 rings (SSSR count). The molecular formula is C18H26N2O. The van der Waals surface area contributed by atoms with Gasteiger partial charge in [0.15, 0.2) is 0 Å². The maximum Gasteiger partial charge on any atom is 0.251 e. The average Bonchev–Trinajstić information content (AvgIpc) is 3.01. The zero-order chi connectivity index (χ0) is 14.7. The molecule has 0 radical (unpaired) electrons. The van der Waals surface area contributed by atoms with Crippen LogP contribution in [0.2, 0.25) is 0 Å². The van der Waals surface area contributed by atoms with Gasteiger partial charge in [-0.2, -0.15) is 0 Å². The van der Waals surface area contributed by atoms with Gasteiger partial charge in [-0.3, -0.25) is 4.79 Å². The fourth-order valence-corrected chi connectivity index (χ4v) is 3.81. The van der Waals surface area contributed by atoms with Gasteiger partial charge in [-0.25, -0.2) is 0 Å². The lowest BCUT2D eigenvalue weighted by atomic mass is 9.85. The summed E-state index contributed by atoms with van der Waals surface area (Å²) in [5.74, 6) is 0.723. The first-order valence-electron chi connectivity index (χ1n) is 8.37. The van der Waals surface area contributed by atoms with Crippen molar-refractivity contribution in [3.8, 4) is 0 Å². The maximum atomic E-state index is 12.5. The molecule has 1 saturated carbocycles. The normalized spacial score (nSPS) is 20.6. The Hall–Kier alpha value is -1.35. The summed E-state index contributed by atoms with van der Waals surface area (Å²) in [6, 6.07) is 6.62. The molecule has 2 aliphatic rings. The molecule has 114 valence electrons. The molecule has 0 aromatic heterocycles. The fourth-order valence-electron chi connectivity index (χ4n) is 3.81. The Kier molecular flexibility index (Phi) is 4.59. The van der Waals surface area contributed by atoms with E-state index in [-0.39, 0.29) is 5.91 Å². The van der Waals surface area contributed by atoms with E-state index in [0.29, 0.717) is 12.0 Å². The number of rotatable bonds is 3. The minimum atomic E-state index is 0.121. The summed E-state index contributed by atoms with van der Waals surface area (Å²) in [5.41, 5.74) is 3.42. The highest BCUT2D eigenvalue weighted by molar-refractivity contribution is 5.96. The minimum absolute atomic E-state index is 0.121. The topological polar surface area (TPSA) is 41.1 Å². The number of carbonyl (C=O) groups is 1. The van der Waals surface area contributed by atoms with E-state index in [1.54, 1.807) is 0 Å². The van der Waals surface area contributed by atoms with E-state index in [9.17, 15) is 4.79 Å². The van der Waals surface area contributed by atoms with E-state index in [1.165, 1.54) is 36.8 Å². The van der Waals surface area contributed by atoms with Crippen LogP contribution in [0, 0.1) is 6.92 Å². The van der Waals surface area contributed by atoms with Crippen LogP contribution in [-0.2, 0) is 0 Å². The summed E-state index contributed by atoms with van der Waals surface area (Å²) in [4.78, 5) is 12.5. The standard InChI is InChI=1S/C18H26N2O/c1-13-16(14-9-11-19-12-10-14)7-4-8-17(13)18(21)20-15-5-2-3-6-15/h4,7-8,14-15,19H,2-3,5-6,9-12H2,1H3,(H,20,21). The van der Waals surface area contributed by atoms with Gasteiger partial charge in [0, 0.05) is 11.6 Å². The number of nitrogens with one attached hydrogen (secondary N) is 2. The molecule has 2 fully saturated rings. The molecule has 1 aromatic carbocycles. The molecule has 0 unspecified atom stereocenters. The van der Waals surface area contributed by atoms with Crippen LogP contribution in [0.1, 0.15) is 65.9 Å². The third kappa shape index (κ3) is 3.29. The second-order valence-electron chi connectivity index (χ2n) is 6.50. The smallest absolute Gasteiger partial charge is 0.251 e. The van der Waals surface area contributed by atoms with Gasteiger partial charge >= 0.3 is 0 Å². The Balaban J connectivity index is 1.76. The minimum Gasteiger partial charge on any atom is -0.349 e. The van der Waals surface area contributed by atoms with Crippen LogP contribution in [0.15, 0.2) is 18.2 Å². The zero-order valence-corrected chi connectivity index (χ0v) is 13.0. The number of hydrogen-bond acceptors (Lipinski definition) is 2. The highest BCUT2D eigenvalue weighted by Crippen LogP contribution is 2.29. The van der Waals surface area contributed by atoms with Gasteiger partial charge in [0.25, 0.3) is 5.91 Å². The maximum absolute atomic E-state index is 12.5. The second kappa shape index (κ2) is 6.61. The third-order valence-corrected chi connectivity index (χ3v) is 5.09. The van der Waals surface area contributed by atoms with Gasteiger partial charge in [-0.1, -0.05) is 25.0 Å². The summed E-state index contributed by atoms with van der Waals surface area (Å²) in [5, 5.41) is 6.63. The molecule has 1 aromatic rings. The van der Waals surface area contributed by atoms with Gasteiger partial charge in [0.2, 0.25) is 0 Å². The first kappa shape index (κ1) is 14.6. The summed E-state index contributed by atoms with van der Waals surface area (Å²) >= 11 is 0. The second-order valence-corrected chi connectivity index (χ2v) is 6.50. The molecule has 1 saturated heterocycles. The first-order chi connectivity index (χ1) is 10.3. The van der Waals surface area contributed by atoms with Crippen molar-refractivity contribution in [1.82, 2.24) is 10.6 Å². The molecule has 1 heterocycles. The van der Waals surface area contributed by atoms with Crippen LogP contribution in [-0.4, -0.2) is 25.0 Å². The van der Waals surface area contributed by atoms with E-state index in [0.717, 1.165) is 31.5 Å². The van der Waals surface area contributed by atoms with E-state index < -0.39 is 0 Å². The largest absolute Gasteiger partial charge is 0.349 e.